The maximum Gasteiger partial charge on any atom is 0.170 e. The monoisotopic (exact) mass is 658 g/mol. The molecule has 8 nitrogen and oxygen atoms in total. The number of aliphatic hydroxyl groups excluding tert-OH is 1. The molecule has 8 heteroatoms. The van der Waals surface area contributed by atoms with Crippen molar-refractivity contribution in [3.63, 3.8) is 0 Å². The SMILES string of the molecule is CCO[C@@H]([C@H]1C[C@@H](C)[C@H]2[C@H](O1)[C@H](O)[C@@]1(C)[C@@H]3CC[C@H]4C(C)(C)[C@@H](O[C@H]5CN(C6CNC6)CCO5)CCC45C[C@@]35CC[C@]21C)C(C)(C)O. The van der Waals surface area contributed by atoms with Gasteiger partial charge in [-0.2, -0.15) is 0 Å². The van der Waals surface area contributed by atoms with Gasteiger partial charge in [0.2, 0.25) is 0 Å². The van der Waals surface area contributed by atoms with E-state index in [0.29, 0.717) is 47.2 Å². The van der Waals surface area contributed by atoms with E-state index in [1.165, 1.54) is 38.5 Å². The van der Waals surface area contributed by atoms with Crippen LogP contribution in [0.25, 0.3) is 0 Å². The summed E-state index contributed by atoms with van der Waals surface area (Å²) in [5.41, 5.74) is -0.395. The van der Waals surface area contributed by atoms with E-state index in [9.17, 15) is 10.2 Å². The molecule has 0 bridgehead atoms. The van der Waals surface area contributed by atoms with Crippen molar-refractivity contribution in [1.82, 2.24) is 10.2 Å². The average molecular weight is 659 g/mol. The Balaban J connectivity index is 1.03. The average Bonchev–Trinajstić information content (AvgIpc) is 3.61. The second-order valence-corrected chi connectivity index (χ2v) is 19.3. The largest absolute Gasteiger partial charge is 0.390 e. The second kappa shape index (κ2) is 11.1. The molecule has 8 aliphatic rings. The van der Waals surface area contributed by atoms with Gasteiger partial charge in [-0.3, -0.25) is 4.90 Å². The molecule has 0 radical (unpaired) electrons. The summed E-state index contributed by atoms with van der Waals surface area (Å²) in [5.74, 6) is 1.87. The number of morpholine rings is 1. The molecule has 2 spiro atoms. The quantitative estimate of drug-likeness (QED) is 0.353. The first-order valence-electron chi connectivity index (χ1n) is 19.5. The standard InChI is InChI=1S/C39H66N2O6/c1-9-44-33(35(5,6)43)25-18-23(2)30-31(46-25)32(42)37(8)27-11-10-26-34(3,4)28(47-29-21-41(16-17-45-29)24-19-40-20-24)12-13-38(26)22-39(27,38)15-14-36(30,37)7/h23-33,40,42-43H,9-22H2,1-8H3/t23-,25-,26+,27+,28+,29+,30+,31+,32+,33+,36-,37-,38?,39+/m1/s1. The van der Waals surface area contributed by atoms with Gasteiger partial charge in [-0.25, -0.2) is 0 Å². The van der Waals surface area contributed by atoms with Crippen LogP contribution in [-0.4, -0.2) is 103 Å². The summed E-state index contributed by atoms with van der Waals surface area (Å²) < 4.78 is 26.3. The van der Waals surface area contributed by atoms with Crippen LogP contribution in [0.1, 0.15) is 107 Å². The van der Waals surface area contributed by atoms with Crippen LogP contribution in [0.2, 0.25) is 0 Å². The number of aliphatic hydroxyl groups is 2. The molecule has 0 amide bonds. The van der Waals surface area contributed by atoms with E-state index in [2.05, 4.69) is 44.8 Å². The Morgan fingerprint density at radius 2 is 1.74 bits per heavy atom. The molecule has 0 aromatic carbocycles. The van der Waals surface area contributed by atoms with Gasteiger partial charge in [-0.1, -0.05) is 34.6 Å². The third kappa shape index (κ3) is 4.53. The van der Waals surface area contributed by atoms with Gasteiger partial charge >= 0.3 is 0 Å². The minimum Gasteiger partial charge on any atom is -0.390 e. The Morgan fingerprint density at radius 1 is 1.02 bits per heavy atom. The second-order valence-electron chi connectivity index (χ2n) is 19.3. The van der Waals surface area contributed by atoms with Gasteiger partial charge in [0, 0.05) is 44.2 Å². The Labute approximate surface area is 284 Å². The Bertz CT molecular complexity index is 1200. The maximum absolute atomic E-state index is 12.6. The number of nitrogens with one attached hydrogen (secondary N) is 1. The number of hydrogen-bond donors (Lipinski definition) is 3. The van der Waals surface area contributed by atoms with E-state index in [-0.39, 0.29) is 40.8 Å². The van der Waals surface area contributed by atoms with Crippen LogP contribution in [0.5, 0.6) is 0 Å². The molecule has 1 unspecified atom stereocenters. The van der Waals surface area contributed by atoms with Crippen molar-refractivity contribution >= 4 is 0 Å². The van der Waals surface area contributed by atoms with E-state index in [4.69, 9.17) is 18.9 Å². The maximum atomic E-state index is 12.6. The van der Waals surface area contributed by atoms with Crippen molar-refractivity contribution in [2.24, 2.45) is 50.7 Å². The molecule has 8 rings (SSSR count). The fraction of sp³-hybridized carbons (Fsp3) is 1.00. The molecule has 0 aromatic heterocycles. The van der Waals surface area contributed by atoms with Crippen LogP contribution < -0.4 is 5.32 Å². The van der Waals surface area contributed by atoms with Crippen molar-refractivity contribution < 1.29 is 29.2 Å². The predicted molar refractivity (Wildman–Crippen MR) is 181 cm³/mol. The number of ether oxygens (including phenoxy) is 4. The van der Waals surface area contributed by atoms with Crippen LogP contribution in [0, 0.1) is 50.7 Å². The van der Waals surface area contributed by atoms with Crippen molar-refractivity contribution in [1.29, 1.82) is 0 Å². The highest BCUT2D eigenvalue weighted by molar-refractivity contribution is 5.33. The topological polar surface area (TPSA) is 92.7 Å². The predicted octanol–water partition coefficient (Wildman–Crippen LogP) is 4.99. The molecule has 3 aliphatic heterocycles. The molecular weight excluding hydrogens is 592 g/mol. The molecule has 268 valence electrons. The van der Waals surface area contributed by atoms with Gasteiger partial charge in [0.25, 0.3) is 0 Å². The van der Waals surface area contributed by atoms with Gasteiger partial charge in [0.1, 0.15) is 6.10 Å². The molecule has 8 fully saturated rings. The summed E-state index contributed by atoms with van der Waals surface area (Å²) in [4.78, 5) is 2.57. The van der Waals surface area contributed by atoms with E-state index in [1.54, 1.807) is 0 Å². The van der Waals surface area contributed by atoms with Crippen molar-refractivity contribution in [3.05, 3.63) is 0 Å². The molecule has 5 aliphatic carbocycles. The number of fused-ring (bicyclic) bond motifs is 4. The van der Waals surface area contributed by atoms with E-state index in [0.717, 1.165) is 45.6 Å². The first kappa shape index (κ1) is 33.8. The Morgan fingerprint density at radius 3 is 2.43 bits per heavy atom. The number of hydrogen-bond acceptors (Lipinski definition) is 8. The number of nitrogens with zero attached hydrogens (tertiary/aromatic N) is 1. The van der Waals surface area contributed by atoms with Crippen molar-refractivity contribution in [2.75, 3.05) is 39.4 Å². The summed E-state index contributed by atoms with van der Waals surface area (Å²) >= 11 is 0. The minimum atomic E-state index is -1.01. The van der Waals surface area contributed by atoms with Gasteiger partial charge < -0.3 is 34.5 Å². The van der Waals surface area contributed by atoms with Crippen LogP contribution in [0.3, 0.4) is 0 Å². The lowest BCUT2D eigenvalue weighted by atomic mass is 9.41. The summed E-state index contributed by atoms with van der Waals surface area (Å²) in [5, 5.41) is 27.1. The molecular formula is C39H66N2O6. The smallest absolute Gasteiger partial charge is 0.170 e. The molecule has 14 atom stereocenters. The van der Waals surface area contributed by atoms with Gasteiger partial charge in [-0.05, 0) is 117 Å². The van der Waals surface area contributed by atoms with Crippen LogP contribution in [0.4, 0.5) is 0 Å². The van der Waals surface area contributed by atoms with E-state index >= 15 is 0 Å². The lowest BCUT2D eigenvalue weighted by Gasteiger charge is -2.64. The van der Waals surface area contributed by atoms with E-state index in [1.807, 2.05) is 20.8 Å². The van der Waals surface area contributed by atoms with Gasteiger partial charge in [-0.15, -0.1) is 0 Å². The Kier molecular flexibility index (Phi) is 7.98. The molecule has 3 N–H and O–H groups in total. The lowest BCUT2D eigenvalue weighted by molar-refractivity contribution is -0.251. The van der Waals surface area contributed by atoms with E-state index < -0.39 is 17.8 Å². The minimum absolute atomic E-state index is 0.0276. The zero-order chi connectivity index (χ0) is 33.4. The highest BCUT2D eigenvalue weighted by Gasteiger charge is 2.84. The van der Waals surface area contributed by atoms with Crippen LogP contribution in [0.15, 0.2) is 0 Å². The van der Waals surface area contributed by atoms with Gasteiger partial charge in [0.05, 0.1) is 36.6 Å². The summed E-state index contributed by atoms with van der Waals surface area (Å²) in [7, 11) is 0. The zero-order valence-corrected chi connectivity index (χ0v) is 30.7. The Hall–Kier alpha value is -0.320. The van der Waals surface area contributed by atoms with Crippen molar-refractivity contribution in [2.45, 2.75) is 155 Å². The highest BCUT2D eigenvalue weighted by Crippen LogP contribution is 2.89. The molecule has 3 saturated heterocycles. The first-order valence-corrected chi connectivity index (χ1v) is 19.5. The van der Waals surface area contributed by atoms with Crippen LogP contribution >= 0.6 is 0 Å². The van der Waals surface area contributed by atoms with Crippen molar-refractivity contribution in [3.8, 4) is 0 Å². The molecule has 3 heterocycles. The third-order valence-corrected chi connectivity index (χ3v) is 16.8. The summed E-state index contributed by atoms with van der Waals surface area (Å²) in [6, 6.07) is 0.634. The normalized spacial score (nSPS) is 53.1. The fourth-order valence-corrected chi connectivity index (χ4v) is 14.5. The number of rotatable bonds is 7. The third-order valence-electron chi connectivity index (χ3n) is 16.8. The summed E-state index contributed by atoms with van der Waals surface area (Å²) in [6.07, 6.45) is 8.19. The molecule has 5 saturated carbocycles. The fourth-order valence-electron chi connectivity index (χ4n) is 14.5. The molecule has 0 aromatic rings. The lowest BCUT2D eigenvalue weighted by Crippen LogP contribution is -2.62. The van der Waals surface area contributed by atoms with Crippen LogP contribution in [-0.2, 0) is 18.9 Å². The summed E-state index contributed by atoms with van der Waals surface area (Å²) in [6.45, 7) is 23.4. The van der Waals surface area contributed by atoms with Gasteiger partial charge in [0.15, 0.2) is 6.29 Å². The molecule has 47 heavy (non-hydrogen) atoms. The first-order chi connectivity index (χ1) is 22.1. The zero-order valence-electron chi connectivity index (χ0n) is 30.7. The highest BCUT2D eigenvalue weighted by atomic mass is 16.7.